The second-order valence-electron chi connectivity index (χ2n) is 3.99. The van der Waals surface area contributed by atoms with Gasteiger partial charge in [-0.1, -0.05) is 6.92 Å². The first-order valence-electron chi connectivity index (χ1n) is 5.58. The summed E-state index contributed by atoms with van der Waals surface area (Å²) in [5.41, 5.74) is 9.03. The van der Waals surface area contributed by atoms with Crippen molar-refractivity contribution in [3.8, 4) is 0 Å². The van der Waals surface area contributed by atoms with Crippen LogP contribution in [0.25, 0.3) is 10.9 Å². The quantitative estimate of drug-likeness (QED) is 0.800. The van der Waals surface area contributed by atoms with Gasteiger partial charge in [0.25, 0.3) is 0 Å². The molecule has 0 radical (unpaired) electrons. The number of rotatable bonds is 3. The van der Waals surface area contributed by atoms with Crippen molar-refractivity contribution in [3.05, 3.63) is 30.5 Å². The van der Waals surface area contributed by atoms with Gasteiger partial charge in [0, 0.05) is 25.2 Å². The van der Waals surface area contributed by atoms with E-state index in [1.165, 1.54) is 0 Å². The lowest BCUT2D eigenvalue weighted by atomic mass is 10.1. The fraction of sp³-hybridized carbons (Fsp3) is 0.308. The molecule has 2 aromatic rings. The van der Waals surface area contributed by atoms with E-state index in [1.54, 1.807) is 6.20 Å². The zero-order chi connectivity index (χ0) is 11.5. The topological polar surface area (TPSA) is 42.2 Å². The second-order valence-corrected chi connectivity index (χ2v) is 3.99. The number of anilines is 2. The molecule has 0 atom stereocenters. The predicted molar refractivity (Wildman–Crippen MR) is 69.7 cm³/mol. The summed E-state index contributed by atoms with van der Waals surface area (Å²) in [7, 11) is 2.07. The van der Waals surface area contributed by atoms with Crippen LogP contribution in [-0.2, 0) is 0 Å². The van der Waals surface area contributed by atoms with Gasteiger partial charge in [-0.3, -0.25) is 4.98 Å². The number of nitrogens with zero attached hydrogens (tertiary/aromatic N) is 2. The third kappa shape index (κ3) is 1.81. The number of benzene rings is 1. The summed E-state index contributed by atoms with van der Waals surface area (Å²) in [6.45, 7) is 3.17. The van der Waals surface area contributed by atoms with Crippen LogP contribution < -0.4 is 10.6 Å². The number of hydrogen-bond donors (Lipinski definition) is 1. The normalized spacial score (nSPS) is 10.6. The van der Waals surface area contributed by atoms with Gasteiger partial charge in [-0.05, 0) is 30.7 Å². The maximum Gasteiger partial charge on any atom is 0.0724 e. The first kappa shape index (κ1) is 10.7. The molecule has 3 heteroatoms. The van der Waals surface area contributed by atoms with E-state index >= 15 is 0 Å². The van der Waals surface area contributed by atoms with Gasteiger partial charge in [-0.25, -0.2) is 0 Å². The van der Waals surface area contributed by atoms with E-state index < -0.39 is 0 Å². The first-order valence-corrected chi connectivity index (χ1v) is 5.58. The van der Waals surface area contributed by atoms with Crippen molar-refractivity contribution >= 4 is 22.3 Å². The molecule has 2 rings (SSSR count). The molecule has 0 amide bonds. The van der Waals surface area contributed by atoms with Crippen LogP contribution in [0, 0.1) is 0 Å². The van der Waals surface area contributed by atoms with E-state index in [9.17, 15) is 0 Å². The summed E-state index contributed by atoms with van der Waals surface area (Å²) in [6.07, 6.45) is 2.90. The molecule has 0 saturated heterocycles. The van der Waals surface area contributed by atoms with Gasteiger partial charge in [-0.2, -0.15) is 0 Å². The highest BCUT2D eigenvalue weighted by Crippen LogP contribution is 2.29. The average molecular weight is 215 g/mol. The Morgan fingerprint density at radius 3 is 2.88 bits per heavy atom. The Morgan fingerprint density at radius 2 is 2.12 bits per heavy atom. The first-order chi connectivity index (χ1) is 7.74. The summed E-state index contributed by atoms with van der Waals surface area (Å²) in [5.74, 6) is 0. The molecule has 0 bridgehead atoms. The zero-order valence-corrected chi connectivity index (χ0v) is 9.77. The maximum absolute atomic E-state index is 6.17. The van der Waals surface area contributed by atoms with Gasteiger partial charge < -0.3 is 10.6 Å². The van der Waals surface area contributed by atoms with Crippen LogP contribution in [0.1, 0.15) is 13.3 Å². The van der Waals surface area contributed by atoms with Gasteiger partial charge in [0.05, 0.1) is 16.9 Å². The van der Waals surface area contributed by atoms with Crippen molar-refractivity contribution < 1.29 is 0 Å². The molecular weight excluding hydrogens is 198 g/mol. The van der Waals surface area contributed by atoms with Crippen LogP contribution in [0.15, 0.2) is 30.5 Å². The Kier molecular flexibility index (Phi) is 2.95. The lowest BCUT2D eigenvalue weighted by molar-refractivity contribution is 0.854. The number of fused-ring (bicyclic) bond motifs is 1. The van der Waals surface area contributed by atoms with E-state index in [-0.39, 0.29) is 0 Å². The second kappa shape index (κ2) is 4.39. The van der Waals surface area contributed by atoms with Crippen molar-refractivity contribution in [2.45, 2.75) is 13.3 Å². The van der Waals surface area contributed by atoms with E-state index in [4.69, 9.17) is 5.73 Å². The number of pyridine rings is 1. The Labute approximate surface area is 95.9 Å². The van der Waals surface area contributed by atoms with Crippen molar-refractivity contribution in [1.29, 1.82) is 0 Å². The highest BCUT2D eigenvalue weighted by atomic mass is 15.1. The molecule has 1 heterocycles. The molecule has 0 unspecified atom stereocenters. The van der Waals surface area contributed by atoms with Crippen LogP contribution in [0.4, 0.5) is 11.4 Å². The fourth-order valence-electron chi connectivity index (χ4n) is 1.95. The minimum atomic E-state index is 0.821. The third-order valence-electron chi connectivity index (χ3n) is 2.77. The highest BCUT2D eigenvalue weighted by Gasteiger charge is 2.07. The number of aromatic nitrogens is 1. The summed E-state index contributed by atoms with van der Waals surface area (Å²) in [5, 5.41) is 1.03. The van der Waals surface area contributed by atoms with E-state index in [0.29, 0.717) is 0 Å². The molecule has 0 fully saturated rings. The van der Waals surface area contributed by atoms with Crippen LogP contribution >= 0.6 is 0 Å². The molecule has 2 N–H and O–H groups in total. The Morgan fingerprint density at radius 1 is 1.31 bits per heavy atom. The van der Waals surface area contributed by atoms with Crippen molar-refractivity contribution in [1.82, 2.24) is 4.98 Å². The average Bonchev–Trinajstić information content (AvgIpc) is 2.30. The van der Waals surface area contributed by atoms with Crippen molar-refractivity contribution in [3.63, 3.8) is 0 Å². The summed E-state index contributed by atoms with van der Waals surface area (Å²) in [6, 6.07) is 8.00. The Hall–Kier alpha value is -1.77. The smallest absolute Gasteiger partial charge is 0.0724 e. The molecule has 0 saturated carbocycles. The lowest BCUT2D eigenvalue weighted by Crippen LogP contribution is -2.19. The molecule has 16 heavy (non-hydrogen) atoms. The molecule has 0 aliphatic heterocycles. The number of hydrogen-bond acceptors (Lipinski definition) is 3. The van der Waals surface area contributed by atoms with Crippen LogP contribution in [-0.4, -0.2) is 18.6 Å². The monoisotopic (exact) mass is 215 g/mol. The maximum atomic E-state index is 6.17. The van der Waals surface area contributed by atoms with Crippen molar-refractivity contribution in [2.24, 2.45) is 0 Å². The molecule has 1 aromatic carbocycles. The van der Waals surface area contributed by atoms with Crippen molar-refractivity contribution in [2.75, 3.05) is 24.2 Å². The van der Waals surface area contributed by atoms with Gasteiger partial charge in [0.1, 0.15) is 0 Å². The predicted octanol–water partition coefficient (Wildman–Crippen LogP) is 2.66. The molecule has 0 aliphatic rings. The molecule has 3 nitrogen and oxygen atoms in total. The number of nitrogen functional groups attached to an aromatic ring is 1. The molecule has 1 aromatic heterocycles. The summed E-state index contributed by atoms with van der Waals surface area (Å²) in [4.78, 5) is 6.47. The van der Waals surface area contributed by atoms with Crippen LogP contribution in [0.2, 0.25) is 0 Å². The zero-order valence-electron chi connectivity index (χ0n) is 9.77. The van der Waals surface area contributed by atoms with Crippen LogP contribution in [0.3, 0.4) is 0 Å². The molecule has 0 spiro atoms. The van der Waals surface area contributed by atoms with E-state index in [2.05, 4.69) is 23.9 Å². The van der Waals surface area contributed by atoms with Gasteiger partial charge in [0.2, 0.25) is 0 Å². The molecule has 0 aliphatic carbocycles. The minimum Gasteiger partial charge on any atom is -0.396 e. The third-order valence-corrected chi connectivity index (χ3v) is 2.77. The van der Waals surface area contributed by atoms with E-state index in [0.717, 1.165) is 35.2 Å². The minimum absolute atomic E-state index is 0.821. The molecule has 84 valence electrons. The van der Waals surface area contributed by atoms with Gasteiger partial charge >= 0.3 is 0 Å². The van der Waals surface area contributed by atoms with Crippen LogP contribution in [0.5, 0.6) is 0 Å². The van der Waals surface area contributed by atoms with Gasteiger partial charge in [0.15, 0.2) is 0 Å². The SMILES string of the molecule is CCCN(C)c1ccc2ncccc2c1N. The Bertz CT molecular complexity index is 494. The molecular formula is C13H17N3. The van der Waals surface area contributed by atoms with Gasteiger partial charge in [-0.15, -0.1) is 0 Å². The highest BCUT2D eigenvalue weighted by molar-refractivity contribution is 5.97. The Balaban J connectivity index is 2.52. The number of nitrogens with two attached hydrogens (primary N) is 1. The largest absolute Gasteiger partial charge is 0.396 e. The summed E-state index contributed by atoms with van der Waals surface area (Å²) >= 11 is 0. The standard InChI is InChI=1S/C13H17N3/c1-3-9-16(2)12-7-6-11-10(13(12)14)5-4-8-15-11/h4-8H,3,9,14H2,1-2H3. The fourth-order valence-corrected chi connectivity index (χ4v) is 1.95. The van der Waals surface area contributed by atoms with E-state index in [1.807, 2.05) is 24.3 Å². The lowest BCUT2D eigenvalue weighted by Gasteiger charge is -2.21. The summed E-state index contributed by atoms with van der Waals surface area (Å²) < 4.78 is 0.